The smallest absolute Gasteiger partial charge is 0.125 e. The van der Waals surface area contributed by atoms with E-state index in [4.69, 9.17) is 10.5 Å². The Kier molecular flexibility index (Phi) is 3.80. The zero-order valence-electron chi connectivity index (χ0n) is 9.38. The molecule has 1 aromatic carbocycles. The second-order valence-corrected chi connectivity index (χ2v) is 4.39. The van der Waals surface area contributed by atoms with E-state index in [-0.39, 0.29) is 12.0 Å². The molecule has 0 unspecified atom stereocenters. The third-order valence-electron chi connectivity index (χ3n) is 3.26. The third-order valence-corrected chi connectivity index (χ3v) is 3.26. The van der Waals surface area contributed by atoms with Gasteiger partial charge in [0.25, 0.3) is 0 Å². The highest BCUT2D eigenvalue weighted by Crippen LogP contribution is 2.27. The quantitative estimate of drug-likeness (QED) is 0.814. The van der Waals surface area contributed by atoms with E-state index < -0.39 is 6.10 Å². The number of ether oxygens (including phenoxy) is 1. The maximum absolute atomic E-state index is 10.1. The molecule has 3 nitrogen and oxygen atoms in total. The SMILES string of the molecule is NC[C@H]1CCC[C@@H](Oc2ccccc2)[C@@H]1O. The fraction of sp³-hybridized carbons (Fsp3) is 0.538. The lowest BCUT2D eigenvalue weighted by Crippen LogP contribution is -2.43. The van der Waals surface area contributed by atoms with Gasteiger partial charge in [-0.2, -0.15) is 0 Å². The topological polar surface area (TPSA) is 55.5 Å². The van der Waals surface area contributed by atoms with Crippen LogP contribution in [0.25, 0.3) is 0 Å². The van der Waals surface area contributed by atoms with Crippen molar-refractivity contribution in [3.8, 4) is 5.75 Å². The van der Waals surface area contributed by atoms with Gasteiger partial charge in [-0.25, -0.2) is 0 Å². The lowest BCUT2D eigenvalue weighted by Gasteiger charge is -2.34. The Morgan fingerprint density at radius 3 is 2.69 bits per heavy atom. The lowest BCUT2D eigenvalue weighted by molar-refractivity contribution is -0.0282. The van der Waals surface area contributed by atoms with E-state index >= 15 is 0 Å². The van der Waals surface area contributed by atoms with E-state index in [1.807, 2.05) is 30.3 Å². The molecule has 0 bridgehead atoms. The van der Waals surface area contributed by atoms with Crippen molar-refractivity contribution in [2.24, 2.45) is 11.7 Å². The number of hydrogen-bond donors (Lipinski definition) is 2. The minimum atomic E-state index is -0.432. The van der Waals surface area contributed by atoms with E-state index in [0.717, 1.165) is 25.0 Å². The van der Waals surface area contributed by atoms with Gasteiger partial charge >= 0.3 is 0 Å². The van der Waals surface area contributed by atoms with Crippen LogP contribution < -0.4 is 10.5 Å². The van der Waals surface area contributed by atoms with Crippen LogP contribution in [0.2, 0.25) is 0 Å². The number of para-hydroxylation sites is 1. The molecule has 1 saturated carbocycles. The van der Waals surface area contributed by atoms with Crippen molar-refractivity contribution in [3.63, 3.8) is 0 Å². The van der Waals surface area contributed by atoms with Gasteiger partial charge in [0.2, 0.25) is 0 Å². The molecule has 3 atom stereocenters. The Balaban J connectivity index is 1.99. The normalized spacial score (nSPS) is 30.0. The molecule has 0 spiro atoms. The molecule has 88 valence electrons. The molecular weight excluding hydrogens is 202 g/mol. The first-order valence-corrected chi connectivity index (χ1v) is 5.91. The van der Waals surface area contributed by atoms with Gasteiger partial charge in [0, 0.05) is 5.92 Å². The maximum atomic E-state index is 10.1. The van der Waals surface area contributed by atoms with E-state index in [1.54, 1.807) is 0 Å². The van der Waals surface area contributed by atoms with Crippen molar-refractivity contribution in [2.75, 3.05) is 6.54 Å². The first kappa shape index (κ1) is 11.4. The Labute approximate surface area is 96.2 Å². The summed E-state index contributed by atoms with van der Waals surface area (Å²) in [5.41, 5.74) is 5.63. The fourth-order valence-electron chi connectivity index (χ4n) is 2.29. The summed E-state index contributed by atoms with van der Waals surface area (Å²) < 4.78 is 5.79. The largest absolute Gasteiger partial charge is 0.488 e. The predicted octanol–water partition coefficient (Wildman–Crippen LogP) is 1.55. The number of aliphatic hydroxyl groups is 1. The van der Waals surface area contributed by atoms with Crippen molar-refractivity contribution in [1.82, 2.24) is 0 Å². The Hall–Kier alpha value is -1.06. The van der Waals surface area contributed by atoms with Gasteiger partial charge in [0.15, 0.2) is 0 Å². The standard InChI is InChI=1S/C13H19NO2/c14-9-10-5-4-8-12(13(10)15)16-11-6-2-1-3-7-11/h1-3,6-7,10,12-13,15H,4-5,8-9,14H2/t10-,12-,13-/m1/s1. The molecule has 1 aliphatic carbocycles. The van der Waals surface area contributed by atoms with Crippen LogP contribution in [-0.2, 0) is 0 Å². The molecule has 0 aromatic heterocycles. The van der Waals surface area contributed by atoms with Gasteiger partial charge in [-0.05, 0) is 37.9 Å². The van der Waals surface area contributed by atoms with Gasteiger partial charge in [-0.1, -0.05) is 18.2 Å². The summed E-state index contributed by atoms with van der Waals surface area (Å²) in [5, 5.41) is 10.1. The zero-order chi connectivity index (χ0) is 11.4. The molecule has 3 heteroatoms. The number of nitrogens with two attached hydrogens (primary N) is 1. The molecule has 16 heavy (non-hydrogen) atoms. The summed E-state index contributed by atoms with van der Waals surface area (Å²) in [6, 6.07) is 9.65. The number of rotatable bonds is 3. The summed E-state index contributed by atoms with van der Waals surface area (Å²) in [5.74, 6) is 1.01. The Morgan fingerprint density at radius 2 is 2.00 bits per heavy atom. The zero-order valence-corrected chi connectivity index (χ0v) is 9.38. The van der Waals surface area contributed by atoms with E-state index in [1.165, 1.54) is 0 Å². The summed E-state index contributed by atoms with van der Waals surface area (Å²) in [7, 11) is 0. The number of hydrogen-bond acceptors (Lipinski definition) is 3. The molecule has 1 aliphatic rings. The van der Waals surface area contributed by atoms with Crippen LogP contribution in [0, 0.1) is 5.92 Å². The Bertz CT molecular complexity index is 315. The van der Waals surface area contributed by atoms with Crippen LogP contribution in [0.1, 0.15) is 19.3 Å². The first-order valence-electron chi connectivity index (χ1n) is 5.91. The molecule has 2 rings (SSSR count). The maximum Gasteiger partial charge on any atom is 0.125 e. The van der Waals surface area contributed by atoms with Crippen molar-refractivity contribution in [3.05, 3.63) is 30.3 Å². The number of benzene rings is 1. The van der Waals surface area contributed by atoms with Gasteiger partial charge < -0.3 is 15.6 Å². The lowest BCUT2D eigenvalue weighted by atomic mass is 9.84. The summed E-state index contributed by atoms with van der Waals surface area (Å²) in [6.07, 6.45) is 2.46. The number of aliphatic hydroxyl groups excluding tert-OH is 1. The van der Waals surface area contributed by atoms with Gasteiger partial charge in [0.1, 0.15) is 11.9 Å². The summed E-state index contributed by atoms with van der Waals surface area (Å²) >= 11 is 0. The second-order valence-electron chi connectivity index (χ2n) is 4.39. The molecule has 0 saturated heterocycles. The molecule has 0 radical (unpaired) electrons. The monoisotopic (exact) mass is 221 g/mol. The van der Waals surface area contributed by atoms with Gasteiger partial charge in [0.05, 0.1) is 6.10 Å². The first-order chi connectivity index (χ1) is 7.81. The molecule has 1 aromatic rings. The van der Waals surface area contributed by atoms with E-state index in [9.17, 15) is 5.11 Å². The minimum Gasteiger partial charge on any atom is -0.488 e. The van der Waals surface area contributed by atoms with Gasteiger partial charge in [-0.15, -0.1) is 0 Å². The molecular formula is C13H19NO2. The predicted molar refractivity (Wildman–Crippen MR) is 63.3 cm³/mol. The fourth-order valence-corrected chi connectivity index (χ4v) is 2.29. The van der Waals surface area contributed by atoms with Crippen LogP contribution in [0.3, 0.4) is 0 Å². The Morgan fingerprint density at radius 1 is 1.25 bits per heavy atom. The minimum absolute atomic E-state index is 0.107. The molecule has 1 fully saturated rings. The van der Waals surface area contributed by atoms with Crippen LogP contribution in [0.5, 0.6) is 5.75 Å². The van der Waals surface area contributed by atoms with Crippen molar-refractivity contribution in [2.45, 2.75) is 31.5 Å². The van der Waals surface area contributed by atoms with Crippen molar-refractivity contribution in [1.29, 1.82) is 0 Å². The third kappa shape index (κ3) is 2.54. The van der Waals surface area contributed by atoms with Gasteiger partial charge in [-0.3, -0.25) is 0 Å². The van der Waals surface area contributed by atoms with E-state index in [2.05, 4.69) is 0 Å². The van der Waals surface area contributed by atoms with Crippen LogP contribution in [0.4, 0.5) is 0 Å². The highest BCUT2D eigenvalue weighted by molar-refractivity contribution is 5.21. The molecule has 0 aliphatic heterocycles. The summed E-state index contributed by atoms with van der Waals surface area (Å²) in [4.78, 5) is 0. The molecule has 0 heterocycles. The summed E-state index contributed by atoms with van der Waals surface area (Å²) in [6.45, 7) is 0.538. The average molecular weight is 221 g/mol. The highest BCUT2D eigenvalue weighted by atomic mass is 16.5. The van der Waals surface area contributed by atoms with Crippen LogP contribution in [-0.4, -0.2) is 23.9 Å². The van der Waals surface area contributed by atoms with E-state index in [0.29, 0.717) is 6.54 Å². The van der Waals surface area contributed by atoms with Crippen LogP contribution in [0.15, 0.2) is 30.3 Å². The average Bonchev–Trinajstić information content (AvgIpc) is 2.33. The molecule has 3 N–H and O–H groups in total. The van der Waals surface area contributed by atoms with Crippen LogP contribution >= 0.6 is 0 Å². The molecule has 0 amide bonds. The highest BCUT2D eigenvalue weighted by Gasteiger charge is 2.32. The second kappa shape index (κ2) is 5.32. The van der Waals surface area contributed by atoms with Crippen molar-refractivity contribution < 1.29 is 9.84 Å². The van der Waals surface area contributed by atoms with Crippen molar-refractivity contribution >= 4 is 0 Å².